The van der Waals surface area contributed by atoms with Crippen LogP contribution in [-0.2, 0) is 4.79 Å². The molecule has 0 aromatic carbocycles. The number of aromatic nitrogens is 1. The Morgan fingerprint density at radius 1 is 1.50 bits per heavy atom. The Morgan fingerprint density at radius 2 is 2.15 bits per heavy atom. The summed E-state index contributed by atoms with van der Waals surface area (Å²) in [6, 6.07) is 0.971. The molecule has 0 atom stereocenters. The summed E-state index contributed by atoms with van der Waals surface area (Å²) in [4.78, 5) is 36.7. The fourth-order valence-corrected chi connectivity index (χ4v) is 2.09. The molecule has 0 unspecified atom stereocenters. The molecule has 1 aliphatic rings. The minimum absolute atomic E-state index is 0.214. The zero-order valence-electron chi connectivity index (χ0n) is 10.1. The number of aliphatic carboxylic acids is 1. The highest BCUT2D eigenvalue weighted by atomic mass is 35.5. The van der Waals surface area contributed by atoms with E-state index in [2.05, 4.69) is 10.3 Å². The van der Waals surface area contributed by atoms with Gasteiger partial charge in [-0.2, -0.15) is 0 Å². The standard InChI is InChI=1S/C11H10ClN3O5/c12-8-7(4-6(5-13-8)15(19)20)9(16)14-11(10(17)18)2-1-3-11/h4-5H,1-3H2,(H,14,16)(H,17,18). The molecule has 9 heteroatoms. The van der Waals surface area contributed by atoms with E-state index in [1.807, 2.05) is 0 Å². The molecule has 0 bridgehead atoms. The molecule has 8 nitrogen and oxygen atoms in total. The second-order valence-corrected chi connectivity index (χ2v) is 4.84. The van der Waals surface area contributed by atoms with Crippen molar-refractivity contribution in [2.24, 2.45) is 0 Å². The van der Waals surface area contributed by atoms with Gasteiger partial charge < -0.3 is 10.4 Å². The van der Waals surface area contributed by atoms with Gasteiger partial charge >= 0.3 is 5.97 Å². The lowest BCUT2D eigenvalue weighted by Crippen LogP contribution is -2.59. The van der Waals surface area contributed by atoms with Gasteiger partial charge in [-0.25, -0.2) is 9.78 Å². The SMILES string of the molecule is O=C(NC1(C(=O)O)CCC1)c1cc([N+](=O)[O-])cnc1Cl. The summed E-state index contributed by atoms with van der Waals surface area (Å²) in [7, 11) is 0. The smallest absolute Gasteiger partial charge is 0.329 e. The molecule has 1 aromatic heterocycles. The Hall–Kier alpha value is -2.22. The van der Waals surface area contributed by atoms with Crippen LogP contribution in [0.5, 0.6) is 0 Å². The zero-order chi connectivity index (χ0) is 14.9. The second kappa shape index (κ2) is 5.04. The quantitative estimate of drug-likeness (QED) is 0.492. The molecule has 1 fully saturated rings. The van der Waals surface area contributed by atoms with E-state index in [1.54, 1.807) is 0 Å². The minimum Gasteiger partial charge on any atom is -0.480 e. The van der Waals surface area contributed by atoms with Crippen molar-refractivity contribution < 1.29 is 19.6 Å². The van der Waals surface area contributed by atoms with E-state index >= 15 is 0 Å². The van der Waals surface area contributed by atoms with E-state index in [0.717, 1.165) is 12.3 Å². The number of carboxylic acid groups (broad SMARTS) is 1. The molecule has 2 N–H and O–H groups in total. The Balaban J connectivity index is 2.27. The number of pyridine rings is 1. The van der Waals surface area contributed by atoms with E-state index in [4.69, 9.17) is 16.7 Å². The fraction of sp³-hybridized carbons (Fsp3) is 0.364. The summed E-state index contributed by atoms with van der Waals surface area (Å²) < 4.78 is 0. The van der Waals surface area contributed by atoms with Gasteiger partial charge in [0.25, 0.3) is 11.6 Å². The molecule has 106 valence electrons. The molecule has 1 aliphatic carbocycles. The molecule has 2 rings (SSSR count). The van der Waals surface area contributed by atoms with Crippen LogP contribution < -0.4 is 5.32 Å². The third-order valence-electron chi connectivity index (χ3n) is 3.25. The lowest BCUT2D eigenvalue weighted by atomic mass is 9.76. The maximum atomic E-state index is 12.0. The van der Waals surface area contributed by atoms with Crippen molar-refractivity contribution in [3.8, 4) is 0 Å². The van der Waals surface area contributed by atoms with Crippen LogP contribution in [0.2, 0.25) is 5.15 Å². The third-order valence-corrected chi connectivity index (χ3v) is 3.55. The highest BCUT2D eigenvalue weighted by molar-refractivity contribution is 6.32. The second-order valence-electron chi connectivity index (χ2n) is 4.48. The Bertz CT molecular complexity index is 600. The number of carboxylic acids is 1. The van der Waals surface area contributed by atoms with Crippen LogP contribution in [0.15, 0.2) is 12.3 Å². The van der Waals surface area contributed by atoms with Gasteiger partial charge in [-0.15, -0.1) is 0 Å². The number of hydrogen-bond donors (Lipinski definition) is 2. The number of hydrogen-bond acceptors (Lipinski definition) is 5. The Morgan fingerprint density at radius 3 is 2.60 bits per heavy atom. The van der Waals surface area contributed by atoms with Gasteiger partial charge in [-0.3, -0.25) is 14.9 Å². The number of carbonyl (C=O) groups excluding carboxylic acids is 1. The van der Waals surface area contributed by atoms with Gasteiger partial charge in [0.2, 0.25) is 0 Å². The monoisotopic (exact) mass is 299 g/mol. The number of nitrogens with zero attached hydrogens (tertiary/aromatic N) is 2. The first-order valence-electron chi connectivity index (χ1n) is 5.71. The van der Waals surface area contributed by atoms with Crippen molar-refractivity contribution in [2.75, 3.05) is 0 Å². The number of rotatable bonds is 4. The van der Waals surface area contributed by atoms with Crippen LogP contribution in [0.3, 0.4) is 0 Å². The van der Waals surface area contributed by atoms with Gasteiger partial charge in [0.1, 0.15) is 16.9 Å². The first-order valence-corrected chi connectivity index (χ1v) is 6.09. The largest absolute Gasteiger partial charge is 0.480 e. The summed E-state index contributed by atoms with van der Waals surface area (Å²) >= 11 is 5.72. The van der Waals surface area contributed by atoms with Crippen molar-refractivity contribution >= 4 is 29.2 Å². The maximum absolute atomic E-state index is 12.0. The van der Waals surface area contributed by atoms with E-state index in [0.29, 0.717) is 19.3 Å². The van der Waals surface area contributed by atoms with Gasteiger partial charge in [0.15, 0.2) is 0 Å². The fourth-order valence-electron chi connectivity index (χ4n) is 1.90. The average Bonchev–Trinajstić information content (AvgIpc) is 2.33. The molecule has 0 aliphatic heterocycles. The molecular formula is C11H10ClN3O5. The minimum atomic E-state index is -1.31. The summed E-state index contributed by atoms with van der Waals surface area (Å²) in [6.07, 6.45) is 2.24. The van der Waals surface area contributed by atoms with Crippen LogP contribution in [-0.4, -0.2) is 32.4 Å². The first-order chi connectivity index (χ1) is 9.35. The number of amides is 1. The summed E-state index contributed by atoms with van der Waals surface area (Å²) in [5.41, 5.74) is -1.92. The lowest BCUT2D eigenvalue weighted by Gasteiger charge is -2.38. The number of carbonyl (C=O) groups is 2. The molecule has 1 amide bonds. The van der Waals surface area contributed by atoms with Crippen molar-refractivity contribution in [3.05, 3.63) is 33.1 Å². The summed E-state index contributed by atoms with van der Waals surface area (Å²) in [5.74, 6) is -1.92. The predicted molar refractivity (Wildman–Crippen MR) is 67.6 cm³/mol. The van der Waals surface area contributed by atoms with E-state index in [-0.39, 0.29) is 10.7 Å². The van der Waals surface area contributed by atoms with Gasteiger partial charge in [-0.05, 0) is 19.3 Å². The number of nitro groups is 1. The lowest BCUT2D eigenvalue weighted by molar-refractivity contribution is -0.385. The van der Waals surface area contributed by atoms with E-state index in [9.17, 15) is 19.7 Å². The van der Waals surface area contributed by atoms with Gasteiger partial charge in [0, 0.05) is 6.07 Å². The highest BCUT2D eigenvalue weighted by Crippen LogP contribution is 2.32. The normalized spacial score (nSPS) is 16.1. The molecule has 20 heavy (non-hydrogen) atoms. The number of halogens is 1. The molecule has 0 saturated heterocycles. The van der Waals surface area contributed by atoms with Crippen LogP contribution in [0.4, 0.5) is 5.69 Å². The van der Waals surface area contributed by atoms with Crippen molar-refractivity contribution in [3.63, 3.8) is 0 Å². The molecule has 0 spiro atoms. The molecule has 1 saturated carbocycles. The zero-order valence-corrected chi connectivity index (χ0v) is 10.9. The average molecular weight is 300 g/mol. The molecular weight excluding hydrogens is 290 g/mol. The van der Waals surface area contributed by atoms with Crippen molar-refractivity contribution in [2.45, 2.75) is 24.8 Å². The van der Waals surface area contributed by atoms with Crippen molar-refractivity contribution in [1.29, 1.82) is 0 Å². The highest BCUT2D eigenvalue weighted by Gasteiger charge is 2.46. The summed E-state index contributed by atoms with van der Waals surface area (Å²) in [6.45, 7) is 0. The van der Waals surface area contributed by atoms with E-state index < -0.39 is 28.0 Å². The van der Waals surface area contributed by atoms with E-state index in [1.165, 1.54) is 0 Å². The van der Waals surface area contributed by atoms with Gasteiger partial charge in [0.05, 0.1) is 10.5 Å². The van der Waals surface area contributed by atoms with Crippen LogP contribution in [0, 0.1) is 10.1 Å². The first kappa shape index (κ1) is 14.2. The Kier molecular flexibility index (Phi) is 3.58. The third kappa shape index (κ3) is 2.42. The summed E-state index contributed by atoms with van der Waals surface area (Å²) in [5, 5.41) is 21.9. The topological polar surface area (TPSA) is 122 Å². The van der Waals surface area contributed by atoms with Crippen LogP contribution >= 0.6 is 11.6 Å². The molecule has 1 heterocycles. The van der Waals surface area contributed by atoms with Crippen LogP contribution in [0.25, 0.3) is 0 Å². The molecule has 1 aromatic rings. The van der Waals surface area contributed by atoms with Crippen LogP contribution in [0.1, 0.15) is 29.6 Å². The van der Waals surface area contributed by atoms with Crippen molar-refractivity contribution in [1.82, 2.24) is 10.3 Å². The predicted octanol–water partition coefficient (Wildman–Crippen LogP) is 1.38. The molecule has 0 radical (unpaired) electrons. The number of nitrogens with one attached hydrogen (secondary N) is 1. The maximum Gasteiger partial charge on any atom is 0.329 e. The Labute approximate surface area is 117 Å². The van der Waals surface area contributed by atoms with Gasteiger partial charge in [-0.1, -0.05) is 11.6 Å².